The molecule has 9 heteroatoms. The van der Waals surface area contributed by atoms with E-state index >= 15 is 0 Å². The van der Waals surface area contributed by atoms with E-state index in [0.29, 0.717) is 40.6 Å². The number of benzene rings is 1. The molecule has 2 aromatic heterocycles. The SMILES string of the molecule is CCCN(CC(=O)Nc1cccc(Cl)c1Cl)Cc1nnc(-c2cccs2)o1. The van der Waals surface area contributed by atoms with Gasteiger partial charge in [0.2, 0.25) is 11.8 Å². The highest BCUT2D eigenvalue weighted by molar-refractivity contribution is 7.13. The summed E-state index contributed by atoms with van der Waals surface area (Å²) in [6.45, 7) is 3.33. The predicted molar refractivity (Wildman–Crippen MR) is 108 cm³/mol. The fourth-order valence-corrected chi connectivity index (χ4v) is 3.52. The van der Waals surface area contributed by atoms with Crippen LogP contribution in [-0.2, 0) is 11.3 Å². The normalized spacial score (nSPS) is 11.1. The Morgan fingerprint density at radius 1 is 1.26 bits per heavy atom. The van der Waals surface area contributed by atoms with Crippen LogP contribution in [0.2, 0.25) is 10.0 Å². The molecule has 27 heavy (non-hydrogen) atoms. The van der Waals surface area contributed by atoms with E-state index in [2.05, 4.69) is 15.5 Å². The topological polar surface area (TPSA) is 71.3 Å². The molecular weight excluding hydrogens is 407 g/mol. The lowest BCUT2D eigenvalue weighted by Crippen LogP contribution is -2.33. The Balaban J connectivity index is 1.63. The zero-order valence-electron chi connectivity index (χ0n) is 14.6. The number of hydrogen-bond donors (Lipinski definition) is 1. The second-order valence-corrected chi connectivity index (χ2v) is 7.57. The van der Waals surface area contributed by atoms with E-state index in [4.69, 9.17) is 27.6 Å². The van der Waals surface area contributed by atoms with E-state index in [9.17, 15) is 4.79 Å². The first-order chi connectivity index (χ1) is 13.1. The summed E-state index contributed by atoms with van der Waals surface area (Å²) in [6, 6.07) is 8.97. The zero-order chi connectivity index (χ0) is 19.2. The molecule has 0 bridgehead atoms. The first-order valence-corrected chi connectivity index (χ1v) is 10.0. The van der Waals surface area contributed by atoms with Crippen molar-refractivity contribution in [1.29, 1.82) is 0 Å². The first kappa shape index (κ1) is 19.8. The van der Waals surface area contributed by atoms with E-state index in [1.54, 1.807) is 18.2 Å². The minimum Gasteiger partial charge on any atom is -0.419 e. The molecule has 1 aromatic carbocycles. The highest BCUT2D eigenvalue weighted by atomic mass is 35.5. The second kappa shape index (κ2) is 9.32. The van der Waals surface area contributed by atoms with Crippen LogP contribution < -0.4 is 5.32 Å². The van der Waals surface area contributed by atoms with Gasteiger partial charge in [-0.1, -0.05) is 42.3 Å². The van der Waals surface area contributed by atoms with Crippen molar-refractivity contribution in [2.45, 2.75) is 19.9 Å². The predicted octanol–water partition coefficient (Wildman–Crippen LogP) is 4.96. The Kier molecular flexibility index (Phi) is 6.84. The number of carbonyl (C=O) groups is 1. The molecule has 0 saturated heterocycles. The summed E-state index contributed by atoms with van der Waals surface area (Å²) in [5, 5.41) is 13.6. The van der Waals surface area contributed by atoms with Gasteiger partial charge in [-0.2, -0.15) is 0 Å². The van der Waals surface area contributed by atoms with Gasteiger partial charge in [-0.3, -0.25) is 9.69 Å². The summed E-state index contributed by atoms with van der Waals surface area (Å²) >= 11 is 13.6. The molecule has 142 valence electrons. The Morgan fingerprint density at radius 3 is 2.85 bits per heavy atom. The van der Waals surface area contributed by atoms with Crippen molar-refractivity contribution >= 4 is 46.1 Å². The van der Waals surface area contributed by atoms with Gasteiger partial charge in [-0.05, 0) is 36.5 Å². The summed E-state index contributed by atoms with van der Waals surface area (Å²) in [4.78, 5) is 15.3. The van der Waals surface area contributed by atoms with Gasteiger partial charge in [-0.25, -0.2) is 0 Å². The van der Waals surface area contributed by atoms with Crippen LogP contribution in [0.3, 0.4) is 0 Å². The summed E-state index contributed by atoms with van der Waals surface area (Å²) < 4.78 is 5.72. The van der Waals surface area contributed by atoms with Gasteiger partial charge in [0.1, 0.15) is 0 Å². The molecule has 3 rings (SSSR count). The van der Waals surface area contributed by atoms with Crippen LogP contribution in [0.4, 0.5) is 5.69 Å². The number of amides is 1. The minimum atomic E-state index is -0.189. The van der Waals surface area contributed by atoms with E-state index in [1.807, 2.05) is 29.3 Å². The van der Waals surface area contributed by atoms with E-state index in [1.165, 1.54) is 11.3 Å². The lowest BCUT2D eigenvalue weighted by molar-refractivity contribution is -0.117. The van der Waals surface area contributed by atoms with Crippen LogP contribution in [0.5, 0.6) is 0 Å². The molecule has 0 atom stereocenters. The van der Waals surface area contributed by atoms with Crippen LogP contribution in [0, 0.1) is 0 Å². The average Bonchev–Trinajstić information content (AvgIpc) is 3.30. The molecular formula is C18H18Cl2N4O2S. The molecule has 1 amide bonds. The lowest BCUT2D eigenvalue weighted by Gasteiger charge is -2.19. The van der Waals surface area contributed by atoms with Gasteiger partial charge >= 0.3 is 0 Å². The number of thiophene rings is 1. The molecule has 0 saturated carbocycles. The Hall–Kier alpha value is -1.93. The number of carbonyl (C=O) groups excluding carboxylic acids is 1. The van der Waals surface area contributed by atoms with Crippen molar-refractivity contribution in [3.63, 3.8) is 0 Å². The van der Waals surface area contributed by atoms with E-state index < -0.39 is 0 Å². The standard InChI is InChI=1S/C18H18Cl2N4O2S/c1-2-8-24(10-15(25)21-13-6-3-5-12(19)17(13)20)11-16-22-23-18(26-16)14-7-4-9-27-14/h3-7,9H,2,8,10-11H2,1H3,(H,21,25). The smallest absolute Gasteiger partial charge is 0.257 e. The highest BCUT2D eigenvalue weighted by Crippen LogP contribution is 2.29. The summed E-state index contributed by atoms with van der Waals surface area (Å²) in [6.07, 6.45) is 0.886. The minimum absolute atomic E-state index is 0.174. The number of rotatable bonds is 8. The Bertz CT molecular complexity index is 899. The van der Waals surface area contributed by atoms with Crippen LogP contribution >= 0.6 is 34.5 Å². The van der Waals surface area contributed by atoms with Crippen LogP contribution in [0.15, 0.2) is 40.1 Å². The molecule has 2 heterocycles. The van der Waals surface area contributed by atoms with Gasteiger partial charge < -0.3 is 9.73 Å². The molecule has 0 aliphatic carbocycles. The maximum atomic E-state index is 12.4. The molecule has 0 unspecified atom stereocenters. The Labute approximate surface area is 171 Å². The summed E-state index contributed by atoms with van der Waals surface area (Å²) in [5.41, 5.74) is 0.489. The quantitative estimate of drug-likeness (QED) is 0.553. The molecule has 1 N–H and O–H groups in total. The maximum Gasteiger partial charge on any atom is 0.257 e. The summed E-state index contributed by atoms with van der Waals surface area (Å²) in [7, 11) is 0. The van der Waals surface area contributed by atoms with Crippen molar-refractivity contribution in [2.75, 3.05) is 18.4 Å². The number of anilines is 1. The molecule has 3 aromatic rings. The van der Waals surface area contributed by atoms with Gasteiger partial charge in [-0.15, -0.1) is 21.5 Å². The first-order valence-electron chi connectivity index (χ1n) is 8.39. The van der Waals surface area contributed by atoms with Crippen molar-refractivity contribution in [2.24, 2.45) is 0 Å². The van der Waals surface area contributed by atoms with Gasteiger partial charge in [0.05, 0.1) is 33.7 Å². The third kappa shape index (κ3) is 5.29. The van der Waals surface area contributed by atoms with Crippen molar-refractivity contribution < 1.29 is 9.21 Å². The fourth-order valence-electron chi connectivity index (χ4n) is 2.53. The van der Waals surface area contributed by atoms with E-state index in [0.717, 1.165) is 11.3 Å². The van der Waals surface area contributed by atoms with Crippen LogP contribution in [0.1, 0.15) is 19.2 Å². The second-order valence-electron chi connectivity index (χ2n) is 5.84. The third-order valence-corrected chi connectivity index (χ3v) is 5.37. The number of aromatic nitrogens is 2. The number of nitrogens with zero attached hydrogens (tertiary/aromatic N) is 3. The third-order valence-electron chi connectivity index (χ3n) is 3.69. The number of halogens is 2. The van der Waals surface area contributed by atoms with Gasteiger partial charge in [0, 0.05) is 0 Å². The van der Waals surface area contributed by atoms with Gasteiger partial charge in [0.25, 0.3) is 5.89 Å². The van der Waals surface area contributed by atoms with E-state index in [-0.39, 0.29) is 12.5 Å². The molecule has 0 aliphatic rings. The van der Waals surface area contributed by atoms with Crippen molar-refractivity contribution in [3.05, 3.63) is 51.6 Å². The lowest BCUT2D eigenvalue weighted by atomic mass is 10.3. The molecule has 6 nitrogen and oxygen atoms in total. The Morgan fingerprint density at radius 2 is 2.11 bits per heavy atom. The molecule has 0 radical (unpaired) electrons. The molecule has 0 aliphatic heterocycles. The number of hydrogen-bond acceptors (Lipinski definition) is 6. The zero-order valence-corrected chi connectivity index (χ0v) is 16.9. The van der Waals surface area contributed by atoms with Crippen molar-refractivity contribution in [3.8, 4) is 10.8 Å². The largest absolute Gasteiger partial charge is 0.419 e. The van der Waals surface area contributed by atoms with Crippen molar-refractivity contribution in [1.82, 2.24) is 15.1 Å². The maximum absolute atomic E-state index is 12.4. The monoisotopic (exact) mass is 424 g/mol. The highest BCUT2D eigenvalue weighted by Gasteiger charge is 2.17. The number of nitrogens with one attached hydrogen (secondary N) is 1. The molecule has 0 spiro atoms. The van der Waals surface area contributed by atoms with Gasteiger partial charge in [0.15, 0.2) is 0 Å². The summed E-state index contributed by atoms with van der Waals surface area (Å²) in [5.74, 6) is 0.776. The fraction of sp³-hybridized carbons (Fsp3) is 0.278. The van der Waals surface area contributed by atoms with Crippen LogP contribution in [-0.4, -0.2) is 34.1 Å². The van der Waals surface area contributed by atoms with Crippen LogP contribution in [0.25, 0.3) is 10.8 Å². The average molecular weight is 425 g/mol. The molecule has 0 fully saturated rings.